The number of para-hydroxylation sites is 1. The van der Waals surface area contributed by atoms with E-state index in [1.165, 1.54) is 11.1 Å². The number of aryl methyl sites for hydroxylation is 2. The van der Waals surface area contributed by atoms with Crippen molar-refractivity contribution in [3.8, 4) is 11.5 Å². The van der Waals surface area contributed by atoms with Gasteiger partial charge in [0.25, 0.3) is 0 Å². The van der Waals surface area contributed by atoms with Crippen molar-refractivity contribution in [3.05, 3.63) is 94.5 Å². The zero-order valence-electron chi connectivity index (χ0n) is 18.4. The minimum atomic E-state index is -0.185. The average molecular weight is 415 g/mol. The number of benzene rings is 3. The molecule has 160 valence electrons. The maximum Gasteiger partial charge on any atom is 0.162 e. The molecule has 1 aliphatic rings. The highest BCUT2D eigenvalue weighted by Crippen LogP contribution is 2.38. The van der Waals surface area contributed by atoms with Crippen molar-refractivity contribution >= 4 is 5.71 Å². The summed E-state index contributed by atoms with van der Waals surface area (Å²) in [5, 5.41) is 14.5. The molecule has 0 radical (unpaired) electrons. The van der Waals surface area contributed by atoms with Crippen LogP contribution in [0.5, 0.6) is 11.5 Å². The van der Waals surface area contributed by atoms with Gasteiger partial charge in [0.05, 0.1) is 6.61 Å². The zero-order valence-corrected chi connectivity index (χ0v) is 18.4. The molecule has 0 unspecified atom stereocenters. The average Bonchev–Trinajstić information content (AvgIpc) is 2.81. The maximum absolute atomic E-state index is 10.9. The molecule has 4 nitrogen and oxygen atoms in total. The lowest BCUT2D eigenvalue weighted by molar-refractivity contribution is 0.313. The van der Waals surface area contributed by atoms with Crippen molar-refractivity contribution in [1.82, 2.24) is 5.32 Å². The van der Waals surface area contributed by atoms with Crippen LogP contribution in [-0.2, 0) is 6.42 Å². The summed E-state index contributed by atoms with van der Waals surface area (Å²) in [5.41, 5.74) is 6.64. The minimum absolute atomic E-state index is 0.0786. The topological polar surface area (TPSA) is 53.8 Å². The summed E-state index contributed by atoms with van der Waals surface area (Å²) in [6, 6.07) is 22.7. The van der Waals surface area contributed by atoms with Crippen molar-refractivity contribution in [2.45, 2.75) is 45.8 Å². The van der Waals surface area contributed by atoms with Gasteiger partial charge in [-0.1, -0.05) is 73.2 Å². The molecule has 0 spiro atoms. The van der Waals surface area contributed by atoms with Crippen molar-refractivity contribution in [2.24, 2.45) is 4.99 Å². The first-order valence-corrected chi connectivity index (χ1v) is 11.0. The monoisotopic (exact) mass is 414 g/mol. The lowest BCUT2D eigenvalue weighted by atomic mass is 9.92. The fourth-order valence-corrected chi connectivity index (χ4v) is 4.03. The van der Waals surface area contributed by atoms with Crippen LogP contribution in [-0.4, -0.2) is 17.4 Å². The quantitative estimate of drug-likeness (QED) is 0.529. The molecule has 0 aliphatic carbocycles. The molecule has 2 N–H and O–H groups in total. The third kappa shape index (κ3) is 4.64. The van der Waals surface area contributed by atoms with Gasteiger partial charge in [0.15, 0.2) is 11.5 Å². The Bertz CT molecular complexity index is 1060. The molecule has 0 bridgehead atoms. The second kappa shape index (κ2) is 9.36. The van der Waals surface area contributed by atoms with E-state index in [2.05, 4.69) is 67.7 Å². The molecule has 1 heterocycles. The molecule has 31 heavy (non-hydrogen) atoms. The second-order valence-electron chi connectivity index (χ2n) is 7.99. The molecule has 2 atom stereocenters. The summed E-state index contributed by atoms with van der Waals surface area (Å²) in [4.78, 5) is 5.06. The van der Waals surface area contributed by atoms with Gasteiger partial charge in [-0.25, -0.2) is 0 Å². The summed E-state index contributed by atoms with van der Waals surface area (Å²) in [7, 11) is 0. The van der Waals surface area contributed by atoms with Gasteiger partial charge in [-0.3, -0.25) is 10.3 Å². The Morgan fingerprint density at radius 2 is 1.74 bits per heavy atom. The Morgan fingerprint density at radius 3 is 2.42 bits per heavy atom. The Morgan fingerprint density at radius 1 is 1.00 bits per heavy atom. The highest BCUT2D eigenvalue weighted by molar-refractivity contribution is 6.01. The van der Waals surface area contributed by atoms with E-state index >= 15 is 0 Å². The van der Waals surface area contributed by atoms with E-state index in [1.54, 1.807) is 6.07 Å². The standard InChI is InChI=1S/C27H30N2O2/c1-4-19-11-15-20(16-12-19)23-17-24(22-7-6-8-25(26(22)30)31-5-2)29-27(28-23)21-13-9-18(3)10-14-21/h6-16,24,27,29-30H,4-5,17H2,1-3H3/t24-,27+/m1/s1. The lowest BCUT2D eigenvalue weighted by Gasteiger charge is -2.31. The van der Waals surface area contributed by atoms with Crippen LogP contribution in [0.2, 0.25) is 0 Å². The molecular formula is C27H30N2O2. The summed E-state index contributed by atoms with van der Waals surface area (Å²) < 4.78 is 5.62. The number of aromatic hydroxyl groups is 1. The molecule has 4 heteroatoms. The molecule has 4 rings (SSSR count). The summed E-state index contributed by atoms with van der Waals surface area (Å²) in [6.07, 6.45) is 1.52. The van der Waals surface area contributed by atoms with Gasteiger partial charge in [0, 0.05) is 23.7 Å². The van der Waals surface area contributed by atoms with Crippen molar-refractivity contribution in [1.29, 1.82) is 0 Å². The van der Waals surface area contributed by atoms with E-state index < -0.39 is 0 Å². The molecule has 0 amide bonds. The predicted molar refractivity (Wildman–Crippen MR) is 126 cm³/mol. The SMILES string of the molecule is CCOc1cccc([C@H]2CC(c3ccc(CC)cc3)=N[C@H](c3ccc(C)cc3)N2)c1O. The van der Waals surface area contributed by atoms with E-state index in [0.29, 0.717) is 18.8 Å². The molecule has 0 aromatic heterocycles. The zero-order chi connectivity index (χ0) is 21.8. The van der Waals surface area contributed by atoms with Crippen molar-refractivity contribution in [2.75, 3.05) is 6.61 Å². The highest BCUT2D eigenvalue weighted by atomic mass is 16.5. The molecule has 0 saturated heterocycles. The third-order valence-electron chi connectivity index (χ3n) is 5.84. The van der Waals surface area contributed by atoms with Crippen LogP contribution in [0.25, 0.3) is 0 Å². The number of nitrogens with zero attached hydrogens (tertiary/aromatic N) is 1. The largest absolute Gasteiger partial charge is 0.504 e. The van der Waals surface area contributed by atoms with Gasteiger partial charge >= 0.3 is 0 Å². The Hall–Kier alpha value is -3.11. The number of hydrogen-bond acceptors (Lipinski definition) is 4. The summed E-state index contributed by atoms with van der Waals surface area (Å²) in [5.74, 6) is 0.720. The Balaban J connectivity index is 1.73. The van der Waals surface area contributed by atoms with Gasteiger partial charge in [-0.15, -0.1) is 0 Å². The van der Waals surface area contributed by atoms with Crippen LogP contribution >= 0.6 is 0 Å². The normalized spacial score (nSPS) is 18.5. The number of phenolic OH excluding ortho intramolecular Hbond substituents is 1. The van der Waals surface area contributed by atoms with Crippen molar-refractivity contribution in [3.63, 3.8) is 0 Å². The van der Waals surface area contributed by atoms with E-state index in [-0.39, 0.29) is 18.0 Å². The maximum atomic E-state index is 10.9. The van der Waals surface area contributed by atoms with E-state index in [9.17, 15) is 5.11 Å². The minimum Gasteiger partial charge on any atom is -0.504 e. The van der Waals surface area contributed by atoms with E-state index in [4.69, 9.17) is 9.73 Å². The molecule has 0 saturated carbocycles. The molecule has 3 aromatic rings. The number of phenols is 1. The van der Waals surface area contributed by atoms with Gasteiger partial charge < -0.3 is 9.84 Å². The molecule has 3 aromatic carbocycles. The first-order chi connectivity index (χ1) is 15.1. The van der Waals surface area contributed by atoms with Crippen molar-refractivity contribution < 1.29 is 9.84 Å². The van der Waals surface area contributed by atoms with Crippen LogP contribution < -0.4 is 10.1 Å². The van der Waals surface area contributed by atoms with Crippen LogP contribution in [0.4, 0.5) is 0 Å². The molecule has 1 aliphatic heterocycles. The van der Waals surface area contributed by atoms with Gasteiger partial charge in [0.2, 0.25) is 0 Å². The van der Waals surface area contributed by atoms with E-state index in [1.807, 2.05) is 19.1 Å². The molecule has 0 fully saturated rings. The summed E-state index contributed by atoms with van der Waals surface area (Å²) >= 11 is 0. The van der Waals surface area contributed by atoms with Crippen LogP contribution in [0.1, 0.15) is 60.3 Å². The fourth-order valence-electron chi connectivity index (χ4n) is 4.03. The smallest absolute Gasteiger partial charge is 0.162 e. The summed E-state index contributed by atoms with van der Waals surface area (Å²) in [6.45, 7) is 6.68. The predicted octanol–water partition coefficient (Wildman–Crippen LogP) is 5.88. The number of hydrogen-bond donors (Lipinski definition) is 2. The Labute approximate surface area is 184 Å². The fraction of sp³-hybridized carbons (Fsp3) is 0.296. The first kappa shape index (κ1) is 21.1. The van der Waals surface area contributed by atoms with Crippen LogP contribution in [0.15, 0.2) is 71.7 Å². The number of aliphatic imine (C=N–C) groups is 1. The van der Waals surface area contributed by atoms with Gasteiger partial charge in [-0.05, 0) is 43.0 Å². The lowest BCUT2D eigenvalue weighted by Crippen LogP contribution is -2.33. The number of rotatable bonds is 6. The van der Waals surface area contributed by atoms with Gasteiger partial charge in [0.1, 0.15) is 6.17 Å². The number of nitrogens with one attached hydrogen (secondary N) is 1. The van der Waals surface area contributed by atoms with Crippen LogP contribution in [0, 0.1) is 6.92 Å². The Kier molecular flexibility index (Phi) is 6.38. The first-order valence-electron chi connectivity index (χ1n) is 11.0. The van der Waals surface area contributed by atoms with Gasteiger partial charge in [-0.2, -0.15) is 0 Å². The second-order valence-corrected chi connectivity index (χ2v) is 7.99. The highest BCUT2D eigenvalue weighted by Gasteiger charge is 2.28. The number of ether oxygens (including phenoxy) is 1. The molecular weight excluding hydrogens is 384 g/mol. The van der Waals surface area contributed by atoms with Crippen LogP contribution in [0.3, 0.4) is 0 Å². The third-order valence-corrected chi connectivity index (χ3v) is 5.84. The van der Waals surface area contributed by atoms with E-state index in [0.717, 1.165) is 28.8 Å².